The molecule has 0 unspecified atom stereocenters. The molecule has 0 fully saturated rings. The fourth-order valence-corrected chi connectivity index (χ4v) is 16.3. The molecule has 1 aromatic heterocycles. The van der Waals surface area contributed by atoms with Gasteiger partial charge in [0.2, 0.25) is 0 Å². The monoisotopic (exact) mass is 946 g/mol. The van der Waals surface area contributed by atoms with Crippen LogP contribution in [-0.4, -0.2) is 12.6 Å². The van der Waals surface area contributed by atoms with Crippen molar-refractivity contribution in [2.45, 2.75) is 0 Å². The predicted molar refractivity (Wildman–Crippen MR) is 313 cm³/mol. The fourth-order valence-electron chi connectivity index (χ4n) is 11.5. The van der Waals surface area contributed by atoms with Gasteiger partial charge in [-0.05, 0) is 108 Å². The summed E-state index contributed by atoms with van der Waals surface area (Å²) in [6.45, 7) is 0. The third kappa shape index (κ3) is 7.66. The minimum atomic E-state index is -2.73. The lowest BCUT2D eigenvalue weighted by molar-refractivity contribution is 1.18. The van der Waals surface area contributed by atoms with Crippen molar-refractivity contribution in [1.82, 2.24) is 4.57 Å². The Morgan fingerprint density at radius 3 is 1.41 bits per heavy atom. The first-order valence-electron chi connectivity index (χ1n) is 25.2. The largest absolute Gasteiger partial charge is 0.310 e. The highest BCUT2D eigenvalue weighted by Gasteiger charge is 2.41. The molecular weight excluding hydrogens is 897 g/mol. The number of anilines is 3. The molecule has 2 nitrogen and oxygen atoms in total. The standard InChI is InChI=1S/C70H50N2Si/c1-5-22-53(23-6-1)64-35-15-17-38-66(64)72-67-39-18-16-36-65(67)70-68(40-21-41-69(70)72)71(57-48-44-54(45-49-57)63-37-20-25-52-24-13-14-34-62(52)63)56-46-42-51(43-47-56)55-26-19-33-61(50-55)73(58-27-7-2-8-28-58,59-29-9-3-10-30-59)60-31-11-4-12-32-60/h1-50H. The van der Waals surface area contributed by atoms with Crippen LogP contribution in [0.4, 0.5) is 17.1 Å². The van der Waals surface area contributed by atoms with Crippen molar-refractivity contribution in [3.8, 4) is 39.1 Å². The highest BCUT2D eigenvalue weighted by atomic mass is 28.3. The molecule has 0 spiro atoms. The average Bonchev–Trinajstić information content (AvgIpc) is 3.82. The first kappa shape index (κ1) is 43.7. The molecule has 13 aromatic rings. The number of fused-ring (bicyclic) bond motifs is 4. The van der Waals surface area contributed by atoms with Gasteiger partial charge in [0.05, 0.1) is 22.4 Å². The van der Waals surface area contributed by atoms with Crippen molar-refractivity contribution in [2.24, 2.45) is 0 Å². The van der Waals surface area contributed by atoms with E-state index in [1.807, 2.05) is 0 Å². The van der Waals surface area contributed by atoms with Crippen molar-refractivity contribution in [3.63, 3.8) is 0 Å². The second-order valence-corrected chi connectivity index (χ2v) is 22.6. The number of hydrogen-bond acceptors (Lipinski definition) is 1. The van der Waals surface area contributed by atoms with Crippen LogP contribution in [0.1, 0.15) is 0 Å². The predicted octanol–water partition coefficient (Wildman–Crippen LogP) is 15.8. The van der Waals surface area contributed by atoms with Crippen LogP contribution >= 0.6 is 0 Å². The molecule has 0 bridgehead atoms. The lowest BCUT2D eigenvalue weighted by Gasteiger charge is -2.34. The van der Waals surface area contributed by atoms with Gasteiger partial charge in [0.15, 0.2) is 8.07 Å². The van der Waals surface area contributed by atoms with E-state index < -0.39 is 8.07 Å². The minimum Gasteiger partial charge on any atom is -0.310 e. The van der Waals surface area contributed by atoms with Gasteiger partial charge in [-0.25, -0.2) is 0 Å². The SMILES string of the molecule is c1ccc(-c2ccccc2-n2c3ccccc3c3c(N(c4ccc(-c5cccc([Si](c6ccccc6)(c6ccccc6)c6ccccc6)c5)cc4)c4ccc(-c5cccc6ccccc56)cc4)cccc32)cc1. The Labute approximate surface area is 428 Å². The highest BCUT2D eigenvalue weighted by Crippen LogP contribution is 2.45. The number of para-hydroxylation sites is 2. The van der Waals surface area contributed by atoms with Gasteiger partial charge in [0, 0.05) is 27.7 Å². The van der Waals surface area contributed by atoms with Crippen molar-refractivity contribution >= 4 is 78.5 Å². The maximum absolute atomic E-state index is 2.73. The van der Waals surface area contributed by atoms with Gasteiger partial charge in [0.25, 0.3) is 0 Å². The maximum atomic E-state index is 2.46. The number of benzene rings is 12. The Bertz CT molecular complexity index is 3950. The zero-order chi connectivity index (χ0) is 48.6. The Balaban J connectivity index is 0.982. The number of hydrogen-bond donors (Lipinski definition) is 0. The molecule has 12 aromatic carbocycles. The van der Waals surface area contributed by atoms with Gasteiger partial charge in [0.1, 0.15) is 0 Å². The first-order chi connectivity index (χ1) is 36.2. The van der Waals surface area contributed by atoms with Crippen molar-refractivity contribution in [1.29, 1.82) is 0 Å². The van der Waals surface area contributed by atoms with Gasteiger partial charge >= 0.3 is 0 Å². The quantitative estimate of drug-likeness (QED) is 0.0926. The molecule has 0 radical (unpaired) electrons. The molecule has 3 heteroatoms. The zero-order valence-electron chi connectivity index (χ0n) is 40.3. The summed E-state index contributed by atoms with van der Waals surface area (Å²) in [5, 5.41) is 10.3. The van der Waals surface area contributed by atoms with Crippen LogP contribution in [0.15, 0.2) is 303 Å². The van der Waals surface area contributed by atoms with Crippen molar-refractivity contribution in [2.75, 3.05) is 4.90 Å². The van der Waals surface area contributed by atoms with Crippen LogP contribution < -0.4 is 25.6 Å². The summed E-state index contributed by atoms with van der Waals surface area (Å²) >= 11 is 0. The average molecular weight is 947 g/mol. The summed E-state index contributed by atoms with van der Waals surface area (Å²) in [7, 11) is -2.73. The summed E-state index contributed by atoms with van der Waals surface area (Å²) in [5.74, 6) is 0. The third-order valence-corrected chi connectivity index (χ3v) is 19.5. The number of aromatic nitrogens is 1. The smallest absolute Gasteiger partial charge is 0.179 e. The summed E-state index contributed by atoms with van der Waals surface area (Å²) in [6, 6.07) is 112. The van der Waals surface area contributed by atoms with Gasteiger partial charge in [-0.2, -0.15) is 0 Å². The lowest BCUT2D eigenvalue weighted by atomic mass is 9.98. The number of rotatable bonds is 11. The summed E-state index contributed by atoms with van der Waals surface area (Å²) in [6.07, 6.45) is 0. The Hall–Kier alpha value is -9.28. The fraction of sp³-hybridized carbons (Fsp3) is 0. The molecular formula is C70H50N2Si. The Morgan fingerprint density at radius 2 is 0.740 bits per heavy atom. The van der Waals surface area contributed by atoms with Gasteiger partial charge in [-0.3, -0.25) is 0 Å². The molecule has 0 atom stereocenters. The minimum absolute atomic E-state index is 1.08. The van der Waals surface area contributed by atoms with Gasteiger partial charge < -0.3 is 9.47 Å². The van der Waals surface area contributed by atoms with Crippen LogP contribution in [0.3, 0.4) is 0 Å². The van der Waals surface area contributed by atoms with Crippen LogP contribution in [-0.2, 0) is 0 Å². The molecule has 0 aliphatic heterocycles. The van der Waals surface area contributed by atoms with Crippen LogP contribution in [0, 0.1) is 0 Å². The maximum Gasteiger partial charge on any atom is 0.179 e. The van der Waals surface area contributed by atoms with E-state index in [4.69, 9.17) is 0 Å². The normalized spacial score (nSPS) is 11.6. The molecule has 0 aliphatic rings. The molecule has 0 N–H and O–H groups in total. The second kappa shape index (κ2) is 18.8. The molecule has 0 saturated heterocycles. The van der Waals surface area contributed by atoms with E-state index >= 15 is 0 Å². The molecule has 13 rings (SSSR count). The summed E-state index contributed by atoms with van der Waals surface area (Å²) in [5.41, 5.74) is 13.9. The number of nitrogens with zero attached hydrogens (tertiary/aromatic N) is 2. The Kier molecular flexibility index (Phi) is 11.3. The van der Waals surface area contributed by atoms with Gasteiger partial charge in [-0.1, -0.05) is 255 Å². The topological polar surface area (TPSA) is 8.17 Å². The van der Waals surface area contributed by atoms with E-state index in [9.17, 15) is 0 Å². The summed E-state index contributed by atoms with van der Waals surface area (Å²) in [4.78, 5) is 2.45. The lowest BCUT2D eigenvalue weighted by Crippen LogP contribution is -2.74. The highest BCUT2D eigenvalue weighted by molar-refractivity contribution is 7.19. The zero-order valence-corrected chi connectivity index (χ0v) is 41.3. The van der Waals surface area contributed by atoms with Crippen LogP contribution in [0.5, 0.6) is 0 Å². The molecule has 344 valence electrons. The third-order valence-electron chi connectivity index (χ3n) is 14.7. The van der Waals surface area contributed by atoms with Crippen molar-refractivity contribution < 1.29 is 0 Å². The molecule has 0 amide bonds. The van der Waals surface area contributed by atoms with Crippen LogP contribution in [0.25, 0.3) is 71.6 Å². The van der Waals surface area contributed by atoms with E-state index in [1.54, 1.807) is 0 Å². The molecule has 0 saturated carbocycles. The van der Waals surface area contributed by atoms with E-state index in [0.29, 0.717) is 0 Å². The van der Waals surface area contributed by atoms with Crippen molar-refractivity contribution in [3.05, 3.63) is 303 Å². The van der Waals surface area contributed by atoms with E-state index in [1.165, 1.54) is 75.7 Å². The first-order valence-corrected chi connectivity index (χ1v) is 27.2. The van der Waals surface area contributed by atoms with E-state index in [0.717, 1.165) is 33.8 Å². The Morgan fingerprint density at radius 1 is 0.288 bits per heavy atom. The van der Waals surface area contributed by atoms with Crippen LogP contribution in [0.2, 0.25) is 0 Å². The van der Waals surface area contributed by atoms with E-state index in [2.05, 4.69) is 313 Å². The molecule has 0 aliphatic carbocycles. The van der Waals surface area contributed by atoms with E-state index in [-0.39, 0.29) is 0 Å². The molecule has 1 heterocycles. The summed E-state index contributed by atoms with van der Waals surface area (Å²) < 4.78 is 2.46. The van der Waals surface area contributed by atoms with Gasteiger partial charge in [-0.15, -0.1) is 0 Å². The molecule has 73 heavy (non-hydrogen) atoms. The second-order valence-electron chi connectivity index (χ2n) is 18.8.